The van der Waals surface area contributed by atoms with Crippen LogP contribution >= 0.6 is 15.9 Å². The van der Waals surface area contributed by atoms with E-state index in [0.717, 1.165) is 11.5 Å². The number of halogens is 2. The monoisotopic (exact) mass is 313 g/mol. The summed E-state index contributed by atoms with van der Waals surface area (Å²) in [7, 11) is 0. The summed E-state index contributed by atoms with van der Waals surface area (Å²) in [4.78, 5) is 0. The molecule has 0 spiro atoms. The van der Waals surface area contributed by atoms with Gasteiger partial charge >= 0.3 is 0 Å². The predicted octanol–water partition coefficient (Wildman–Crippen LogP) is 4.80. The van der Waals surface area contributed by atoms with E-state index < -0.39 is 0 Å². The van der Waals surface area contributed by atoms with Crippen LogP contribution in [-0.4, -0.2) is 0 Å². The van der Waals surface area contributed by atoms with Gasteiger partial charge < -0.3 is 5.73 Å². The third kappa shape index (κ3) is 3.12. The summed E-state index contributed by atoms with van der Waals surface area (Å²) < 4.78 is 14.0. The summed E-state index contributed by atoms with van der Waals surface area (Å²) in [6.07, 6.45) is 6.17. The highest BCUT2D eigenvalue weighted by Gasteiger charge is 2.25. The third-order valence-corrected chi connectivity index (χ3v) is 4.95. The van der Waals surface area contributed by atoms with Crippen molar-refractivity contribution in [1.29, 1.82) is 0 Å². The van der Waals surface area contributed by atoms with Crippen LogP contribution < -0.4 is 5.73 Å². The average Bonchev–Trinajstić information content (AvgIpc) is 2.41. The molecule has 0 amide bonds. The normalized spacial score (nSPS) is 26.0. The van der Waals surface area contributed by atoms with Gasteiger partial charge in [0.05, 0.1) is 4.47 Å². The number of rotatable bonds is 3. The van der Waals surface area contributed by atoms with E-state index in [1.807, 2.05) is 6.07 Å². The van der Waals surface area contributed by atoms with E-state index >= 15 is 0 Å². The first-order chi connectivity index (χ1) is 8.61. The van der Waals surface area contributed by atoms with Crippen LogP contribution in [0.15, 0.2) is 22.7 Å². The van der Waals surface area contributed by atoms with E-state index in [9.17, 15) is 4.39 Å². The van der Waals surface area contributed by atoms with Gasteiger partial charge in [0.15, 0.2) is 0 Å². The summed E-state index contributed by atoms with van der Waals surface area (Å²) in [5.74, 6) is 1.16. The van der Waals surface area contributed by atoms with Crippen LogP contribution in [0.3, 0.4) is 0 Å². The molecule has 1 aliphatic carbocycles. The highest BCUT2D eigenvalue weighted by atomic mass is 79.9. The lowest BCUT2D eigenvalue weighted by Gasteiger charge is -2.32. The molecule has 0 heterocycles. The first kappa shape index (κ1) is 14.0. The van der Waals surface area contributed by atoms with Crippen molar-refractivity contribution in [3.8, 4) is 0 Å². The van der Waals surface area contributed by atoms with Crippen molar-refractivity contribution in [2.45, 2.75) is 45.1 Å². The molecule has 1 aromatic carbocycles. The van der Waals surface area contributed by atoms with Crippen molar-refractivity contribution in [1.82, 2.24) is 0 Å². The van der Waals surface area contributed by atoms with Gasteiger partial charge in [0.1, 0.15) is 5.82 Å². The molecule has 1 atom stereocenters. The van der Waals surface area contributed by atoms with Crippen LogP contribution in [0.1, 0.15) is 50.6 Å². The predicted molar refractivity (Wildman–Crippen MR) is 76.8 cm³/mol. The van der Waals surface area contributed by atoms with Crippen LogP contribution in [0.5, 0.6) is 0 Å². The number of nitrogens with two attached hydrogens (primary N) is 1. The van der Waals surface area contributed by atoms with Gasteiger partial charge in [-0.05, 0) is 58.3 Å². The van der Waals surface area contributed by atoms with Crippen LogP contribution in [-0.2, 0) is 0 Å². The molecular formula is C15H21BrFN. The van der Waals surface area contributed by atoms with Gasteiger partial charge in [-0.15, -0.1) is 0 Å². The van der Waals surface area contributed by atoms with Crippen molar-refractivity contribution < 1.29 is 4.39 Å². The zero-order chi connectivity index (χ0) is 13.1. The Kier molecular flexibility index (Phi) is 4.79. The molecule has 3 heteroatoms. The maximum Gasteiger partial charge on any atom is 0.137 e. The fourth-order valence-corrected chi connectivity index (χ4v) is 3.19. The zero-order valence-corrected chi connectivity index (χ0v) is 12.4. The van der Waals surface area contributed by atoms with Gasteiger partial charge in [-0.1, -0.05) is 32.3 Å². The number of hydrogen-bond acceptors (Lipinski definition) is 1. The summed E-state index contributed by atoms with van der Waals surface area (Å²) in [6, 6.07) is 5.23. The van der Waals surface area contributed by atoms with Crippen molar-refractivity contribution >= 4 is 15.9 Å². The van der Waals surface area contributed by atoms with E-state index in [-0.39, 0.29) is 11.9 Å². The quantitative estimate of drug-likeness (QED) is 0.852. The Morgan fingerprint density at radius 3 is 2.56 bits per heavy atom. The molecule has 100 valence electrons. The number of hydrogen-bond donors (Lipinski definition) is 1. The minimum Gasteiger partial charge on any atom is -0.324 e. The summed E-state index contributed by atoms with van der Waals surface area (Å²) >= 11 is 3.18. The van der Waals surface area contributed by atoms with Gasteiger partial charge in [0, 0.05) is 6.04 Å². The second-order valence-electron chi connectivity index (χ2n) is 5.39. The van der Waals surface area contributed by atoms with Gasteiger partial charge in [0.25, 0.3) is 0 Å². The maximum atomic E-state index is 13.5. The lowest BCUT2D eigenvalue weighted by atomic mass is 9.76. The van der Waals surface area contributed by atoms with E-state index in [0.29, 0.717) is 10.4 Å². The van der Waals surface area contributed by atoms with Gasteiger partial charge in [-0.3, -0.25) is 0 Å². The fraction of sp³-hybridized carbons (Fsp3) is 0.600. The minimum atomic E-state index is -0.217. The highest BCUT2D eigenvalue weighted by molar-refractivity contribution is 9.10. The van der Waals surface area contributed by atoms with Crippen molar-refractivity contribution in [2.24, 2.45) is 17.6 Å². The molecule has 1 aromatic rings. The van der Waals surface area contributed by atoms with Crippen LogP contribution in [0.2, 0.25) is 0 Å². The minimum absolute atomic E-state index is 0.0228. The molecule has 0 bridgehead atoms. The first-order valence-corrected chi connectivity index (χ1v) is 7.61. The molecule has 18 heavy (non-hydrogen) atoms. The zero-order valence-electron chi connectivity index (χ0n) is 10.8. The van der Waals surface area contributed by atoms with Gasteiger partial charge in [-0.2, -0.15) is 0 Å². The Labute approximate surface area is 117 Å². The van der Waals surface area contributed by atoms with E-state index in [2.05, 4.69) is 22.9 Å². The third-order valence-electron chi connectivity index (χ3n) is 4.31. The molecule has 0 aromatic heterocycles. The summed E-state index contributed by atoms with van der Waals surface area (Å²) in [6.45, 7) is 2.26. The summed E-state index contributed by atoms with van der Waals surface area (Å²) in [5.41, 5.74) is 7.22. The molecule has 2 rings (SSSR count). The molecule has 0 radical (unpaired) electrons. The fourth-order valence-electron chi connectivity index (χ4n) is 2.95. The topological polar surface area (TPSA) is 26.0 Å². The molecule has 1 saturated carbocycles. The van der Waals surface area contributed by atoms with Crippen LogP contribution in [0, 0.1) is 17.7 Å². The van der Waals surface area contributed by atoms with Crippen molar-refractivity contribution in [3.63, 3.8) is 0 Å². The Hall–Kier alpha value is -0.410. The second-order valence-corrected chi connectivity index (χ2v) is 6.24. The van der Waals surface area contributed by atoms with Crippen LogP contribution in [0.25, 0.3) is 0 Å². The van der Waals surface area contributed by atoms with Crippen molar-refractivity contribution in [3.05, 3.63) is 34.1 Å². The van der Waals surface area contributed by atoms with Crippen molar-refractivity contribution in [2.75, 3.05) is 0 Å². The standard InChI is InChI=1S/C15H21BrFN/c1-2-10-3-5-11(6-4-10)15(18)12-7-8-13(16)14(17)9-12/h7-11,15H,2-6,18H2,1H3. The van der Waals surface area contributed by atoms with E-state index in [1.54, 1.807) is 12.1 Å². The Morgan fingerprint density at radius 1 is 1.33 bits per heavy atom. The molecule has 1 aliphatic rings. The van der Waals surface area contributed by atoms with E-state index in [4.69, 9.17) is 5.73 Å². The van der Waals surface area contributed by atoms with Gasteiger partial charge in [0.2, 0.25) is 0 Å². The second kappa shape index (κ2) is 6.16. The summed E-state index contributed by atoms with van der Waals surface area (Å²) in [5, 5.41) is 0. The molecular weight excluding hydrogens is 293 g/mol. The molecule has 0 aliphatic heterocycles. The highest BCUT2D eigenvalue weighted by Crippen LogP contribution is 2.37. The largest absolute Gasteiger partial charge is 0.324 e. The Bertz CT molecular complexity index is 399. The number of benzene rings is 1. The molecule has 2 N–H and O–H groups in total. The first-order valence-electron chi connectivity index (χ1n) is 6.82. The molecule has 0 saturated heterocycles. The smallest absolute Gasteiger partial charge is 0.137 e. The average molecular weight is 314 g/mol. The lowest BCUT2D eigenvalue weighted by molar-refractivity contribution is 0.239. The molecule has 1 nitrogen and oxygen atoms in total. The van der Waals surface area contributed by atoms with Crippen LogP contribution in [0.4, 0.5) is 4.39 Å². The Balaban J connectivity index is 2.03. The molecule has 1 unspecified atom stereocenters. The SMILES string of the molecule is CCC1CCC(C(N)c2ccc(Br)c(F)c2)CC1. The lowest BCUT2D eigenvalue weighted by Crippen LogP contribution is -2.26. The Morgan fingerprint density at radius 2 is 2.00 bits per heavy atom. The van der Waals surface area contributed by atoms with Gasteiger partial charge in [-0.25, -0.2) is 4.39 Å². The maximum absolute atomic E-state index is 13.5. The molecule has 1 fully saturated rings. The van der Waals surface area contributed by atoms with E-state index in [1.165, 1.54) is 32.1 Å².